The van der Waals surface area contributed by atoms with Crippen LogP contribution in [0.15, 0.2) is 89.8 Å². The van der Waals surface area contributed by atoms with Gasteiger partial charge >= 0.3 is 0 Å². The van der Waals surface area contributed by atoms with Crippen LogP contribution in [0.5, 0.6) is 11.5 Å². The van der Waals surface area contributed by atoms with Gasteiger partial charge in [-0.3, -0.25) is 13.9 Å². The van der Waals surface area contributed by atoms with E-state index >= 15 is 0 Å². The van der Waals surface area contributed by atoms with E-state index in [9.17, 15) is 18.0 Å². The van der Waals surface area contributed by atoms with Gasteiger partial charge in [0, 0.05) is 40.7 Å². The second kappa shape index (κ2) is 16.4. The Morgan fingerprint density at radius 3 is 2.00 bits per heavy atom. The maximum atomic E-state index is 14.8. The second-order valence-electron chi connectivity index (χ2n) is 12.0. The molecular weight excluding hydrogens is 685 g/mol. The first-order chi connectivity index (χ1) is 23.2. The summed E-state index contributed by atoms with van der Waals surface area (Å²) in [7, 11) is -1.53. The van der Waals surface area contributed by atoms with Gasteiger partial charge in [-0.05, 0) is 80.8 Å². The summed E-state index contributed by atoms with van der Waals surface area (Å²) in [4.78, 5) is 29.9. The summed E-state index contributed by atoms with van der Waals surface area (Å²) in [5.41, 5.74) is 3.11. The average Bonchev–Trinajstić information content (AvgIpc) is 3.05. The van der Waals surface area contributed by atoms with E-state index in [2.05, 4.69) is 5.32 Å². The summed E-state index contributed by atoms with van der Waals surface area (Å²) in [6.45, 7) is 6.55. The van der Waals surface area contributed by atoms with Crippen molar-refractivity contribution in [2.45, 2.75) is 57.6 Å². The summed E-state index contributed by atoms with van der Waals surface area (Å²) < 4.78 is 40.8. The van der Waals surface area contributed by atoms with Gasteiger partial charge in [0.15, 0.2) is 11.5 Å². The minimum absolute atomic E-state index is 0.115. The van der Waals surface area contributed by atoms with Gasteiger partial charge in [0.2, 0.25) is 11.8 Å². The maximum Gasteiger partial charge on any atom is 0.264 e. The number of benzene rings is 4. The number of hydrogen-bond donors (Lipinski definition) is 1. The molecule has 0 heterocycles. The monoisotopic (exact) mass is 725 g/mol. The van der Waals surface area contributed by atoms with Gasteiger partial charge in [0.25, 0.3) is 10.0 Å². The number of halogens is 2. The van der Waals surface area contributed by atoms with Crippen LogP contribution in [0.1, 0.15) is 36.1 Å². The van der Waals surface area contributed by atoms with Crippen molar-refractivity contribution in [1.29, 1.82) is 0 Å². The van der Waals surface area contributed by atoms with Crippen molar-refractivity contribution >= 4 is 50.7 Å². The molecule has 0 bridgehead atoms. The molecule has 9 nitrogen and oxygen atoms in total. The normalized spacial score (nSPS) is 11.9. The molecule has 0 aliphatic heterocycles. The lowest BCUT2D eigenvalue weighted by molar-refractivity contribution is -0.140. The highest BCUT2D eigenvalue weighted by molar-refractivity contribution is 7.92. The number of nitrogens with one attached hydrogen (secondary N) is 1. The Morgan fingerprint density at radius 1 is 0.816 bits per heavy atom. The molecule has 0 fully saturated rings. The fraction of sp³-hybridized carbons (Fsp3) is 0.297. The molecule has 0 aliphatic rings. The Labute approximate surface area is 298 Å². The summed E-state index contributed by atoms with van der Waals surface area (Å²) >= 11 is 13.2. The van der Waals surface area contributed by atoms with Crippen LogP contribution in [-0.4, -0.2) is 58.0 Å². The third kappa shape index (κ3) is 9.26. The van der Waals surface area contributed by atoms with Crippen LogP contribution in [-0.2, 0) is 32.6 Å². The molecule has 1 atom stereocenters. The number of sulfonamides is 1. The van der Waals surface area contributed by atoms with Crippen LogP contribution in [0.3, 0.4) is 0 Å². The van der Waals surface area contributed by atoms with Crippen LogP contribution < -0.4 is 19.1 Å². The molecule has 2 amide bonds. The molecule has 4 aromatic rings. The molecular formula is C37H41Cl2N3O6S. The first-order valence-corrected chi connectivity index (χ1v) is 17.8. The number of amides is 2. The number of carbonyl (C=O) groups is 2. The third-order valence-electron chi connectivity index (χ3n) is 7.81. The highest BCUT2D eigenvalue weighted by Gasteiger charge is 2.36. The molecule has 0 radical (unpaired) electrons. The number of ether oxygens (including phenoxy) is 2. The highest BCUT2D eigenvalue weighted by atomic mass is 35.5. The highest BCUT2D eigenvalue weighted by Crippen LogP contribution is 2.33. The van der Waals surface area contributed by atoms with Crippen molar-refractivity contribution < 1.29 is 27.5 Å². The molecule has 0 spiro atoms. The smallest absolute Gasteiger partial charge is 0.264 e. The molecule has 0 saturated carbocycles. The number of hydrogen-bond acceptors (Lipinski definition) is 6. The predicted molar refractivity (Wildman–Crippen MR) is 194 cm³/mol. The van der Waals surface area contributed by atoms with Gasteiger partial charge in [-0.15, -0.1) is 0 Å². The van der Waals surface area contributed by atoms with Crippen molar-refractivity contribution in [3.63, 3.8) is 0 Å². The molecule has 0 aromatic heterocycles. The SMILES string of the molecule is COc1ccc(S(=O)(=O)N(CC(=O)N(Cc2c(Cl)cccc2Cl)[C@H](Cc2ccccc2)C(=O)NC(C)C)c2cc(C)cc(C)c2)cc1OC. The maximum absolute atomic E-state index is 14.8. The summed E-state index contributed by atoms with van der Waals surface area (Å²) in [6.07, 6.45) is 0.152. The number of aryl methyl sites for hydroxylation is 2. The van der Waals surface area contributed by atoms with Crippen LogP contribution in [0.25, 0.3) is 0 Å². The summed E-state index contributed by atoms with van der Waals surface area (Å²) in [5, 5.41) is 3.54. The molecule has 0 aliphatic carbocycles. The molecule has 4 rings (SSSR count). The molecule has 12 heteroatoms. The zero-order valence-corrected chi connectivity index (χ0v) is 30.7. The first-order valence-electron chi connectivity index (χ1n) is 15.6. The number of nitrogens with zero attached hydrogens (tertiary/aromatic N) is 2. The van der Waals surface area contributed by atoms with Crippen LogP contribution >= 0.6 is 23.2 Å². The van der Waals surface area contributed by atoms with Crippen LogP contribution in [0.4, 0.5) is 5.69 Å². The largest absolute Gasteiger partial charge is 0.493 e. The Balaban J connectivity index is 1.89. The van der Waals surface area contributed by atoms with Gasteiger partial charge in [0.1, 0.15) is 12.6 Å². The van der Waals surface area contributed by atoms with Gasteiger partial charge in [-0.1, -0.05) is 65.7 Å². The van der Waals surface area contributed by atoms with Crippen molar-refractivity contribution in [3.05, 3.63) is 117 Å². The van der Waals surface area contributed by atoms with E-state index in [1.807, 2.05) is 64.1 Å². The first kappa shape index (κ1) is 37.6. The van der Waals surface area contributed by atoms with E-state index < -0.39 is 34.4 Å². The zero-order valence-electron chi connectivity index (χ0n) is 28.4. The average molecular weight is 727 g/mol. The van der Waals surface area contributed by atoms with Gasteiger partial charge in [-0.2, -0.15) is 0 Å². The van der Waals surface area contributed by atoms with E-state index in [0.717, 1.165) is 21.0 Å². The van der Waals surface area contributed by atoms with Crippen molar-refractivity contribution in [3.8, 4) is 11.5 Å². The number of methoxy groups -OCH3 is 2. The predicted octanol–water partition coefficient (Wildman–Crippen LogP) is 6.99. The quantitative estimate of drug-likeness (QED) is 0.150. The molecule has 0 unspecified atom stereocenters. The summed E-state index contributed by atoms with van der Waals surface area (Å²) in [5.74, 6) is -0.494. The summed E-state index contributed by atoms with van der Waals surface area (Å²) in [6, 6.07) is 22.5. The minimum Gasteiger partial charge on any atom is -0.493 e. The lowest BCUT2D eigenvalue weighted by atomic mass is 10.0. The molecule has 4 aromatic carbocycles. The second-order valence-corrected chi connectivity index (χ2v) is 14.6. The van der Waals surface area contributed by atoms with E-state index in [0.29, 0.717) is 21.4 Å². The Morgan fingerprint density at radius 2 is 1.43 bits per heavy atom. The van der Waals surface area contributed by atoms with Gasteiger partial charge in [-0.25, -0.2) is 8.42 Å². The van der Waals surface area contributed by atoms with Crippen molar-refractivity contribution in [2.24, 2.45) is 0 Å². The van der Waals surface area contributed by atoms with Crippen molar-refractivity contribution in [2.75, 3.05) is 25.1 Å². The van der Waals surface area contributed by atoms with Gasteiger partial charge in [0.05, 0.1) is 24.8 Å². The van der Waals surface area contributed by atoms with Gasteiger partial charge < -0.3 is 19.7 Å². The van der Waals surface area contributed by atoms with E-state index in [1.54, 1.807) is 30.3 Å². The van der Waals surface area contributed by atoms with E-state index in [-0.39, 0.29) is 35.3 Å². The zero-order chi connectivity index (χ0) is 35.9. The molecule has 0 saturated heterocycles. The lowest BCUT2D eigenvalue weighted by Crippen LogP contribution is -2.54. The van der Waals surface area contributed by atoms with Crippen LogP contribution in [0.2, 0.25) is 10.0 Å². The number of carbonyl (C=O) groups excluding carboxylic acids is 2. The van der Waals surface area contributed by atoms with E-state index in [4.69, 9.17) is 32.7 Å². The standard InChI is InChI=1S/C37H41Cl2N3O6S/c1-24(2)40-37(44)33(20-27-11-8-7-9-12-27)41(22-30-31(38)13-10-14-32(30)39)36(43)23-42(28-18-25(3)17-26(4)19-28)49(45,46)29-15-16-34(47-5)35(21-29)48-6/h7-19,21,24,33H,20,22-23H2,1-6H3,(H,40,44)/t33-/m1/s1. The lowest BCUT2D eigenvalue weighted by Gasteiger charge is -2.34. The minimum atomic E-state index is -4.39. The number of rotatable bonds is 14. The van der Waals surface area contributed by atoms with E-state index in [1.165, 1.54) is 37.3 Å². The molecule has 1 N–H and O–H groups in total. The van der Waals surface area contributed by atoms with Crippen molar-refractivity contribution in [1.82, 2.24) is 10.2 Å². The Bertz CT molecular complexity index is 1860. The Kier molecular flexibility index (Phi) is 12.6. The third-order valence-corrected chi connectivity index (χ3v) is 10.3. The van der Waals surface area contributed by atoms with Crippen LogP contribution in [0, 0.1) is 13.8 Å². The fourth-order valence-corrected chi connectivity index (χ4v) is 7.45. The molecule has 49 heavy (non-hydrogen) atoms. The molecule has 260 valence electrons. The number of anilines is 1. The Hall–Kier alpha value is -4.25. The fourth-order valence-electron chi connectivity index (χ4n) is 5.52. The topological polar surface area (TPSA) is 105 Å².